The molecule has 6 nitrogen and oxygen atoms in total. The van der Waals surface area contributed by atoms with E-state index in [0.29, 0.717) is 19.3 Å². The monoisotopic (exact) mass is 807 g/mol. The van der Waals surface area contributed by atoms with Gasteiger partial charge in [0.1, 0.15) is 13.2 Å². The molecule has 0 aliphatic carbocycles. The van der Waals surface area contributed by atoms with Crippen molar-refractivity contribution in [3.8, 4) is 0 Å². The lowest BCUT2D eigenvalue weighted by Crippen LogP contribution is -2.30. The van der Waals surface area contributed by atoms with Crippen molar-refractivity contribution in [1.82, 2.24) is 0 Å². The van der Waals surface area contributed by atoms with E-state index >= 15 is 0 Å². The lowest BCUT2D eigenvalue weighted by Gasteiger charge is -2.18. The molecule has 0 bridgehead atoms. The van der Waals surface area contributed by atoms with Gasteiger partial charge < -0.3 is 14.2 Å². The average molecular weight is 807 g/mol. The van der Waals surface area contributed by atoms with Crippen molar-refractivity contribution < 1.29 is 28.6 Å². The van der Waals surface area contributed by atoms with Crippen molar-refractivity contribution >= 4 is 17.9 Å². The molecule has 0 aromatic rings. The summed E-state index contributed by atoms with van der Waals surface area (Å²) in [5, 5.41) is 0. The predicted octanol–water partition coefficient (Wildman–Crippen LogP) is 16.4. The molecule has 0 rings (SSSR count). The van der Waals surface area contributed by atoms with Gasteiger partial charge in [0.25, 0.3) is 0 Å². The molecule has 0 saturated carbocycles. The van der Waals surface area contributed by atoms with Crippen LogP contribution in [0.4, 0.5) is 0 Å². The smallest absolute Gasteiger partial charge is 0.306 e. The van der Waals surface area contributed by atoms with Crippen LogP contribution in [0.25, 0.3) is 0 Å². The van der Waals surface area contributed by atoms with Crippen LogP contribution in [-0.4, -0.2) is 37.2 Å². The quantitative estimate of drug-likeness (QED) is 0.0346. The third-order valence-electron chi connectivity index (χ3n) is 11.6. The lowest BCUT2D eigenvalue weighted by molar-refractivity contribution is -0.167. The van der Waals surface area contributed by atoms with Crippen LogP contribution in [0.5, 0.6) is 0 Å². The highest BCUT2D eigenvalue weighted by Crippen LogP contribution is 2.17. The van der Waals surface area contributed by atoms with E-state index in [1.54, 1.807) is 0 Å². The van der Waals surface area contributed by atoms with Gasteiger partial charge >= 0.3 is 17.9 Å². The number of rotatable bonds is 47. The van der Waals surface area contributed by atoms with Crippen LogP contribution in [-0.2, 0) is 28.6 Å². The van der Waals surface area contributed by atoms with Gasteiger partial charge in [-0.1, -0.05) is 252 Å². The number of hydrogen-bond donors (Lipinski definition) is 0. The average Bonchev–Trinajstić information content (AvgIpc) is 3.21. The zero-order chi connectivity index (χ0) is 41.5. The van der Waals surface area contributed by atoms with E-state index in [2.05, 4.69) is 20.8 Å². The molecule has 338 valence electrons. The van der Waals surface area contributed by atoms with Crippen LogP contribution in [0.2, 0.25) is 0 Å². The summed E-state index contributed by atoms with van der Waals surface area (Å²) in [5.41, 5.74) is 0. The van der Waals surface area contributed by atoms with Crippen LogP contribution >= 0.6 is 0 Å². The Hall–Kier alpha value is -1.59. The number of hydrogen-bond acceptors (Lipinski definition) is 6. The minimum atomic E-state index is -0.758. The predicted molar refractivity (Wildman–Crippen MR) is 243 cm³/mol. The second kappa shape index (κ2) is 47.1. The Labute approximate surface area is 355 Å². The van der Waals surface area contributed by atoms with Crippen molar-refractivity contribution in [3.63, 3.8) is 0 Å². The normalized spacial score (nSPS) is 11.8. The van der Waals surface area contributed by atoms with Gasteiger partial charge in [-0.2, -0.15) is 0 Å². The van der Waals surface area contributed by atoms with E-state index in [4.69, 9.17) is 14.2 Å². The highest BCUT2D eigenvalue weighted by Gasteiger charge is 2.19. The van der Waals surface area contributed by atoms with Gasteiger partial charge in [0, 0.05) is 19.3 Å². The molecule has 0 heterocycles. The zero-order valence-corrected chi connectivity index (χ0v) is 38.6. The first-order valence-corrected chi connectivity index (χ1v) is 25.5. The summed E-state index contributed by atoms with van der Waals surface area (Å²) >= 11 is 0. The Morgan fingerprint density at radius 3 is 0.702 bits per heavy atom. The maximum atomic E-state index is 12.7. The molecule has 0 aliphatic heterocycles. The first-order valence-electron chi connectivity index (χ1n) is 25.5. The number of esters is 3. The molecule has 0 aromatic heterocycles. The maximum absolute atomic E-state index is 12.7. The molecule has 0 radical (unpaired) electrons. The van der Waals surface area contributed by atoms with E-state index in [-0.39, 0.29) is 31.1 Å². The Morgan fingerprint density at radius 2 is 0.474 bits per heavy atom. The van der Waals surface area contributed by atoms with E-state index < -0.39 is 6.10 Å². The van der Waals surface area contributed by atoms with Gasteiger partial charge in [0.15, 0.2) is 6.10 Å². The third kappa shape index (κ3) is 45.3. The van der Waals surface area contributed by atoms with Crippen LogP contribution in [0.15, 0.2) is 0 Å². The molecular weight excluding hydrogens is 709 g/mol. The van der Waals surface area contributed by atoms with Crippen molar-refractivity contribution in [2.75, 3.05) is 13.2 Å². The minimum absolute atomic E-state index is 0.0622. The molecule has 0 amide bonds. The summed E-state index contributed by atoms with van der Waals surface area (Å²) in [6, 6.07) is 0. The molecular formula is C51H98O6. The molecule has 0 spiro atoms. The second-order valence-electron chi connectivity index (χ2n) is 17.5. The van der Waals surface area contributed by atoms with Crippen LogP contribution in [0, 0.1) is 0 Å². The van der Waals surface area contributed by atoms with Crippen molar-refractivity contribution in [2.24, 2.45) is 0 Å². The summed E-state index contributed by atoms with van der Waals surface area (Å²) in [7, 11) is 0. The molecule has 1 atom stereocenters. The molecule has 0 saturated heterocycles. The standard InChI is InChI=1S/C51H98O6/c1-4-7-10-13-16-19-21-23-24-25-26-27-28-30-33-35-38-41-44-50(53)56-47-48(57-51(54)45-42-39-36-31-18-15-12-9-6-3)46-55-49(52)43-40-37-34-32-29-22-20-17-14-11-8-5-2/h48H,4-47H2,1-3H3/t48-/m0/s1. The van der Waals surface area contributed by atoms with Gasteiger partial charge in [0.05, 0.1) is 0 Å². The largest absolute Gasteiger partial charge is 0.462 e. The van der Waals surface area contributed by atoms with Gasteiger partial charge in [-0.05, 0) is 19.3 Å². The Balaban J connectivity index is 4.20. The van der Waals surface area contributed by atoms with Crippen molar-refractivity contribution in [2.45, 2.75) is 297 Å². The summed E-state index contributed by atoms with van der Waals surface area (Å²) in [6.07, 6.45) is 49.5. The zero-order valence-electron chi connectivity index (χ0n) is 38.6. The topological polar surface area (TPSA) is 78.9 Å². The van der Waals surface area contributed by atoms with Gasteiger partial charge in [0.2, 0.25) is 0 Å². The van der Waals surface area contributed by atoms with Crippen LogP contribution in [0.1, 0.15) is 290 Å². The summed E-state index contributed by atoms with van der Waals surface area (Å²) < 4.78 is 16.8. The Morgan fingerprint density at radius 1 is 0.281 bits per heavy atom. The van der Waals surface area contributed by atoms with E-state index in [0.717, 1.165) is 57.8 Å². The fraction of sp³-hybridized carbons (Fsp3) is 0.941. The minimum Gasteiger partial charge on any atom is -0.462 e. The van der Waals surface area contributed by atoms with E-state index in [1.807, 2.05) is 0 Å². The second-order valence-corrected chi connectivity index (χ2v) is 17.5. The summed E-state index contributed by atoms with van der Waals surface area (Å²) in [6.45, 7) is 6.66. The first kappa shape index (κ1) is 55.4. The fourth-order valence-corrected chi connectivity index (χ4v) is 7.74. The fourth-order valence-electron chi connectivity index (χ4n) is 7.74. The van der Waals surface area contributed by atoms with Crippen LogP contribution < -0.4 is 0 Å². The molecule has 6 heteroatoms. The van der Waals surface area contributed by atoms with Gasteiger partial charge in [-0.25, -0.2) is 0 Å². The SMILES string of the molecule is CCCCCCCCCCCCCCCCCCCCC(=O)OC[C@H](COC(=O)CCCCCCCCCCCCCC)OC(=O)CCCCCCCCCCC. The molecule has 0 unspecified atom stereocenters. The number of ether oxygens (including phenoxy) is 3. The molecule has 0 N–H and O–H groups in total. The highest BCUT2D eigenvalue weighted by molar-refractivity contribution is 5.71. The van der Waals surface area contributed by atoms with E-state index in [1.165, 1.54) is 193 Å². The Kier molecular flexibility index (Phi) is 45.8. The van der Waals surface area contributed by atoms with Crippen molar-refractivity contribution in [1.29, 1.82) is 0 Å². The van der Waals surface area contributed by atoms with Gasteiger partial charge in [-0.3, -0.25) is 14.4 Å². The summed E-state index contributed by atoms with van der Waals surface area (Å²) in [5.74, 6) is -0.846. The molecule has 0 fully saturated rings. The summed E-state index contributed by atoms with van der Waals surface area (Å²) in [4.78, 5) is 37.8. The first-order chi connectivity index (χ1) is 28.0. The lowest BCUT2D eigenvalue weighted by atomic mass is 10.0. The molecule has 0 aliphatic rings. The van der Waals surface area contributed by atoms with E-state index in [9.17, 15) is 14.4 Å². The number of carbonyl (C=O) groups excluding carboxylic acids is 3. The maximum Gasteiger partial charge on any atom is 0.306 e. The highest BCUT2D eigenvalue weighted by atomic mass is 16.6. The van der Waals surface area contributed by atoms with Crippen molar-refractivity contribution in [3.05, 3.63) is 0 Å². The molecule has 0 aromatic carbocycles. The number of carbonyl (C=O) groups is 3. The molecule has 57 heavy (non-hydrogen) atoms. The third-order valence-corrected chi connectivity index (χ3v) is 11.6. The van der Waals surface area contributed by atoms with Crippen LogP contribution in [0.3, 0.4) is 0 Å². The Bertz CT molecular complexity index is 844. The van der Waals surface area contributed by atoms with Gasteiger partial charge in [-0.15, -0.1) is 0 Å². The number of unbranched alkanes of at least 4 members (excludes halogenated alkanes) is 36.